The number of nitrogens with one attached hydrogen (secondary N) is 1. The zero-order valence-electron chi connectivity index (χ0n) is 9.68. The lowest BCUT2D eigenvalue weighted by Gasteiger charge is -2.23. The fraction of sp³-hybridized carbons (Fsp3) is 0.545. The van der Waals surface area contributed by atoms with Crippen molar-refractivity contribution in [1.82, 2.24) is 15.3 Å². The molecule has 0 spiro atoms. The van der Waals surface area contributed by atoms with Crippen molar-refractivity contribution in [3.63, 3.8) is 0 Å². The van der Waals surface area contributed by atoms with Gasteiger partial charge in [0.25, 0.3) is 0 Å². The molecule has 1 aliphatic heterocycles. The number of nitrogens with zero attached hydrogens (tertiary/aromatic N) is 2. The fourth-order valence-electron chi connectivity index (χ4n) is 1.65. The molecular weight excluding hydrogens is 222 g/mol. The maximum atomic E-state index is 10.8. The minimum absolute atomic E-state index is 0.0314. The molecule has 17 heavy (non-hydrogen) atoms. The van der Waals surface area contributed by atoms with Gasteiger partial charge in [-0.05, 0) is 25.9 Å². The van der Waals surface area contributed by atoms with Crippen molar-refractivity contribution in [3.05, 3.63) is 12.3 Å². The summed E-state index contributed by atoms with van der Waals surface area (Å²) in [7, 11) is 0. The van der Waals surface area contributed by atoms with Gasteiger partial charge >= 0.3 is 12.0 Å². The van der Waals surface area contributed by atoms with E-state index in [0.717, 1.165) is 25.9 Å². The SMILES string of the molecule is CC(=O)Oc1nccc(OC2CCNCC2)n1. The largest absolute Gasteiger partial charge is 0.474 e. The molecule has 6 heteroatoms. The smallest absolute Gasteiger partial charge is 0.327 e. The molecule has 0 unspecified atom stereocenters. The van der Waals surface area contributed by atoms with Crippen molar-refractivity contribution in [3.8, 4) is 11.9 Å². The second-order valence-electron chi connectivity index (χ2n) is 3.84. The summed E-state index contributed by atoms with van der Waals surface area (Å²) in [5, 5.41) is 3.26. The van der Waals surface area contributed by atoms with E-state index in [4.69, 9.17) is 9.47 Å². The molecule has 1 aromatic rings. The lowest BCUT2D eigenvalue weighted by molar-refractivity contribution is -0.132. The van der Waals surface area contributed by atoms with Crippen LogP contribution in [0.4, 0.5) is 0 Å². The van der Waals surface area contributed by atoms with Gasteiger partial charge in [-0.3, -0.25) is 4.79 Å². The quantitative estimate of drug-likeness (QED) is 0.773. The predicted octanol–water partition coefficient (Wildman–Crippen LogP) is 0.533. The lowest BCUT2D eigenvalue weighted by atomic mass is 10.1. The Hall–Kier alpha value is -1.69. The molecule has 1 aliphatic rings. The Balaban J connectivity index is 1.97. The van der Waals surface area contributed by atoms with E-state index in [0.29, 0.717) is 5.88 Å². The molecule has 0 radical (unpaired) electrons. The zero-order chi connectivity index (χ0) is 12.1. The first-order valence-electron chi connectivity index (χ1n) is 5.63. The molecule has 0 bridgehead atoms. The molecule has 1 fully saturated rings. The minimum Gasteiger partial charge on any atom is -0.474 e. The van der Waals surface area contributed by atoms with Crippen molar-refractivity contribution >= 4 is 5.97 Å². The third-order valence-electron chi connectivity index (χ3n) is 2.42. The maximum absolute atomic E-state index is 10.8. The molecule has 0 aromatic carbocycles. The van der Waals surface area contributed by atoms with Crippen molar-refractivity contribution in [2.45, 2.75) is 25.9 Å². The highest BCUT2D eigenvalue weighted by atomic mass is 16.6. The van der Waals surface area contributed by atoms with Gasteiger partial charge in [-0.25, -0.2) is 4.98 Å². The van der Waals surface area contributed by atoms with E-state index in [9.17, 15) is 4.79 Å². The van der Waals surface area contributed by atoms with Crippen LogP contribution >= 0.6 is 0 Å². The summed E-state index contributed by atoms with van der Waals surface area (Å²) < 4.78 is 10.5. The normalized spacial score (nSPS) is 16.5. The Morgan fingerprint density at radius 2 is 2.24 bits per heavy atom. The molecule has 1 N–H and O–H groups in total. The number of hydrogen-bond donors (Lipinski definition) is 1. The van der Waals surface area contributed by atoms with E-state index in [-0.39, 0.29) is 12.1 Å². The Morgan fingerprint density at radius 3 is 2.94 bits per heavy atom. The summed E-state index contributed by atoms with van der Waals surface area (Å²) in [5.74, 6) is 0.00664. The first kappa shape index (κ1) is 11.8. The molecule has 0 saturated carbocycles. The summed E-state index contributed by atoms with van der Waals surface area (Å²) in [6.45, 7) is 3.21. The fourth-order valence-corrected chi connectivity index (χ4v) is 1.65. The zero-order valence-corrected chi connectivity index (χ0v) is 9.68. The number of carbonyl (C=O) groups is 1. The molecule has 0 atom stereocenters. The van der Waals surface area contributed by atoms with Crippen LogP contribution in [0, 0.1) is 0 Å². The minimum atomic E-state index is -0.441. The lowest BCUT2D eigenvalue weighted by Crippen LogP contribution is -2.34. The van der Waals surface area contributed by atoms with E-state index in [1.165, 1.54) is 13.1 Å². The number of hydrogen-bond acceptors (Lipinski definition) is 6. The number of esters is 1. The van der Waals surface area contributed by atoms with Crippen molar-refractivity contribution < 1.29 is 14.3 Å². The van der Waals surface area contributed by atoms with Crippen LogP contribution in [0.3, 0.4) is 0 Å². The van der Waals surface area contributed by atoms with Crippen molar-refractivity contribution in [2.75, 3.05) is 13.1 Å². The monoisotopic (exact) mass is 237 g/mol. The average Bonchev–Trinajstić information content (AvgIpc) is 2.30. The summed E-state index contributed by atoms with van der Waals surface area (Å²) in [5.41, 5.74) is 0. The van der Waals surface area contributed by atoms with Gasteiger partial charge in [0.05, 0.1) is 0 Å². The molecule has 0 amide bonds. The predicted molar refractivity (Wildman–Crippen MR) is 59.9 cm³/mol. The topological polar surface area (TPSA) is 73.3 Å². The van der Waals surface area contributed by atoms with Crippen molar-refractivity contribution in [2.24, 2.45) is 0 Å². The number of ether oxygens (including phenoxy) is 2. The van der Waals surface area contributed by atoms with Gasteiger partial charge in [-0.2, -0.15) is 4.98 Å². The van der Waals surface area contributed by atoms with Gasteiger partial charge in [0, 0.05) is 19.2 Å². The third-order valence-corrected chi connectivity index (χ3v) is 2.42. The van der Waals surface area contributed by atoms with Crippen LogP contribution in [-0.4, -0.2) is 35.1 Å². The first-order chi connectivity index (χ1) is 8.24. The van der Waals surface area contributed by atoms with E-state index >= 15 is 0 Å². The molecule has 0 aliphatic carbocycles. The second-order valence-corrected chi connectivity index (χ2v) is 3.84. The first-order valence-corrected chi connectivity index (χ1v) is 5.63. The van der Waals surface area contributed by atoms with E-state index in [2.05, 4.69) is 15.3 Å². The van der Waals surface area contributed by atoms with E-state index in [1.807, 2.05) is 0 Å². The van der Waals surface area contributed by atoms with Gasteiger partial charge in [0.15, 0.2) is 0 Å². The summed E-state index contributed by atoms with van der Waals surface area (Å²) in [6.07, 6.45) is 3.58. The number of aromatic nitrogens is 2. The Bertz CT molecular complexity index is 391. The van der Waals surface area contributed by atoms with Crippen LogP contribution in [0.25, 0.3) is 0 Å². The average molecular weight is 237 g/mol. The van der Waals surface area contributed by atoms with Crippen molar-refractivity contribution in [1.29, 1.82) is 0 Å². The maximum Gasteiger partial charge on any atom is 0.327 e. The molecule has 2 rings (SSSR count). The molecule has 1 saturated heterocycles. The molecule has 1 aromatic heterocycles. The van der Waals surface area contributed by atoms with Crippen LogP contribution < -0.4 is 14.8 Å². The Morgan fingerprint density at radius 1 is 1.47 bits per heavy atom. The van der Waals surface area contributed by atoms with E-state index in [1.54, 1.807) is 6.07 Å². The second kappa shape index (κ2) is 5.58. The van der Waals surface area contributed by atoms with Crippen LogP contribution in [0.1, 0.15) is 19.8 Å². The third kappa shape index (κ3) is 3.67. The van der Waals surface area contributed by atoms with Gasteiger partial charge < -0.3 is 14.8 Å². The highest BCUT2D eigenvalue weighted by molar-refractivity contribution is 5.68. The Labute approximate surface area is 99.4 Å². The number of carbonyl (C=O) groups excluding carboxylic acids is 1. The van der Waals surface area contributed by atoms with Crippen LogP contribution in [0.15, 0.2) is 12.3 Å². The van der Waals surface area contributed by atoms with Gasteiger partial charge in [-0.15, -0.1) is 0 Å². The molecular formula is C11H15N3O3. The summed E-state index contributed by atoms with van der Waals surface area (Å²) in [4.78, 5) is 18.6. The van der Waals surface area contributed by atoms with Crippen LogP contribution in [0.2, 0.25) is 0 Å². The van der Waals surface area contributed by atoms with Gasteiger partial charge in [0.1, 0.15) is 6.10 Å². The highest BCUT2D eigenvalue weighted by Gasteiger charge is 2.15. The van der Waals surface area contributed by atoms with Crippen LogP contribution in [0.5, 0.6) is 11.9 Å². The standard InChI is InChI=1S/C11H15N3O3/c1-8(15)16-11-13-7-4-10(14-11)17-9-2-5-12-6-3-9/h4,7,9,12H,2-3,5-6H2,1H3. The number of rotatable bonds is 3. The van der Waals surface area contributed by atoms with Gasteiger partial charge in [-0.1, -0.05) is 0 Å². The van der Waals surface area contributed by atoms with Gasteiger partial charge in [0.2, 0.25) is 5.88 Å². The molecule has 92 valence electrons. The summed E-state index contributed by atoms with van der Waals surface area (Å²) >= 11 is 0. The Kier molecular flexibility index (Phi) is 3.87. The van der Waals surface area contributed by atoms with Crippen LogP contribution in [-0.2, 0) is 4.79 Å². The number of piperidine rings is 1. The summed E-state index contributed by atoms with van der Waals surface area (Å²) in [6, 6.07) is 1.69. The molecule has 6 nitrogen and oxygen atoms in total. The van der Waals surface area contributed by atoms with E-state index < -0.39 is 5.97 Å². The molecule has 2 heterocycles. The highest BCUT2D eigenvalue weighted by Crippen LogP contribution is 2.15.